The van der Waals surface area contributed by atoms with Gasteiger partial charge in [0.15, 0.2) is 0 Å². The molecule has 2 aromatic carbocycles. The third-order valence-electron chi connectivity index (χ3n) is 5.54. The first-order valence-electron chi connectivity index (χ1n) is 10.8. The lowest BCUT2D eigenvalue weighted by Crippen LogP contribution is -2.55. The standard InChI is InChI=1S/C25H28N4O3/c1-19-8-6-7-11-22(19)32-24-14-23(26-18-27-24)28-12-13-29(20(2)15-28)25(30)17-31-16-21-9-4-3-5-10-21/h3-11,14,18,20H,12-13,15-17H2,1-2H3. The molecule has 1 aliphatic rings. The van der Waals surface area contributed by atoms with E-state index >= 15 is 0 Å². The summed E-state index contributed by atoms with van der Waals surface area (Å²) in [7, 11) is 0. The number of aryl methyl sites for hydroxylation is 1. The Morgan fingerprint density at radius 2 is 1.84 bits per heavy atom. The van der Waals surface area contributed by atoms with Crippen LogP contribution in [-0.4, -0.2) is 53.1 Å². The van der Waals surface area contributed by atoms with E-state index in [0.717, 1.165) is 22.7 Å². The molecular weight excluding hydrogens is 404 g/mol. The fraction of sp³-hybridized carbons (Fsp3) is 0.320. The number of aromatic nitrogens is 2. The van der Waals surface area contributed by atoms with Crippen LogP contribution in [-0.2, 0) is 16.1 Å². The third kappa shape index (κ3) is 5.42. The molecule has 32 heavy (non-hydrogen) atoms. The van der Waals surface area contributed by atoms with E-state index in [0.29, 0.717) is 32.1 Å². The molecule has 1 saturated heterocycles. The van der Waals surface area contributed by atoms with Gasteiger partial charge in [-0.25, -0.2) is 9.97 Å². The van der Waals surface area contributed by atoms with Gasteiger partial charge in [-0.15, -0.1) is 0 Å². The molecule has 0 N–H and O–H groups in total. The van der Waals surface area contributed by atoms with Crippen LogP contribution in [0.2, 0.25) is 0 Å². The highest BCUT2D eigenvalue weighted by Crippen LogP contribution is 2.26. The van der Waals surface area contributed by atoms with E-state index in [1.807, 2.05) is 79.4 Å². The summed E-state index contributed by atoms with van der Waals surface area (Å²) < 4.78 is 11.6. The first-order valence-corrected chi connectivity index (χ1v) is 10.8. The SMILES string of the molecule is Cc1ccccc1Oc1cc(N2CCN(C(=O)COCc3ccccc3)C(C)C2)ncn1. The molecule has 166 valence electrons. The largest absolute Gasteiger partial charge is 0.439 e. The van der Waals surface area contributed by atoms with Gasteiger partial charge in [-0.05, 0) is 31.0 Å². The number of nitrogens with zero attached hydrogens (tertiary/aromatic N) is 4. The molecule has 0 bridgehead atoms. The smallest absolute Gasteiger partial charge is 0.248 e. The number of rotatable bonds is 7. The molecule has 0 saturated carbocycles. The fourth-order valence-electron chi connectivity index (χ4n) is 3.79. The Hall–Kier alpha value is -3.45. The second-order valence-corrected chi connectivity index (χ2v) is 7.94. The van der Waals surface area contributed by atoms with Crippen LogP contribution >= 0.6 is 0 Å². The zero-order valence-corrected chi connectivity index (χ0v) is 18.5. The van der Waals surface area contributed by atoms with Gasteiger partial charge in [0.1, 0.15) is 24.5 Å². The Morgan fingerprint density at radius 3 is 2.62 bits per heavy atom. The maximum Gasteiger partial charge on any atom is 0.248 e. The van der Waals surface area contributed by atoms with Crippen molar-refractivity contribution >= 4 is 11.7 Å². The average Bonchev–Trinajstić information content (AvgIpc) is 2.81. The summed E-state index contributed by atoms with van der Waals surface area (Å²) in [6.07, 6.45) is 1.52. The number of para-hydroxylation sites is 1. The summed E-state index contributed by atoms with van der Waals surface area (Å²) in [6.45, 7) is 6.56. The van der Waals surface area contributed by atoms with Crippen molar-refractivity contribution in [1.82, 2.24) is 14.9 Å². The minimum atomic E-state index is 0.0133. The second kappa shape index (κ2) is 10.2. The molecule has 2 heterocycles. The first-order chi connectivity index (χ1) is 15.6. The molecule has 1 aliphatic heterocycles. The van der Waals surface area contributed by atoms with Crippen LogP contribution in [0.4, 0.5) is 5.82 Å². The zero-order valence-electron chi connectivity index (χ0n) is 18.5. The maximum absolute atomic E-state index is 12.7. The van der Waals surface area contributed by atoms with E-state index in [1.165, 1.54) is 6.33 Å². The average molecular weight is 433 g/mol. The number of carbonyl (C=O) groups is 1. The van der Waals surface area contributed by atoms with Crippen LogP contribution in [0, 0.1) is 6.92 Å². The molecule has 1 unspecified atom stereocenters. The summed E-state index contributed by atoms with van der Waals surface area (Å²) >= 11 is 0. The highest BCUT2D eigenvalue weighted by molar-refractivity contribution is 5.78. The lowest BCUT2D eigenvalue weighted by atomic mass is 10.2. The normalized spacial score (nSPS) is 16.1. The Morgan fingerprint density at radius 1 is 1.06 bits per heavy atom. The van der Waals surface area contributed by atoms with Crippen molar-refractivity contribution in [3.63, 3.8) is 0 Å². The fourth-order valence-corrected chi connectivity index (χ4v) is 3.79. The minimum Gasteiger partial charge on any atom is -0.439 e. The van der Waals surface area contributed by atoms with Crippen molar-refractivity contribution in [1.29, 1.82) is 0 Å². The van der Waals surface area contributed by atoms with Gasteiger partial charge in [0.25, 0.3) is 0 Å². The van der Waals surface area contributed by atoms with Crippen molar-refractivity contribution in [2.75, 3.05) is 31.1 Å². The predicted molar refractivity (Wildman–Crippen MR) is 123 cm³/mol. The molecule has 0 radical (unpaired) electrons. The molecule has 0 aliphatic carbocycles. The van der Waals surface area contributed by atoms with Crippen LogP contribution in [0.25, 0.3) is 0 Å². The van der Waals surface area contributed by atoms with Crippen molar-refractivity contribution in [3.8, 4) is 11.6 Å². The van der Waals surface area contributed by atoms with Gasteiger partial charge in [-0.3, -0.25) is 4.79 Å². The summed E-state index contributed by atoms with van der Waals surface area (Å²) in [5.41, 5.74) is 2.11. The predicted octanol–water partition coefficient (Wildman–Crippen LogP) is 3.83. The molecule has 7 heteroatoms. The maximum atomic E-state index is 12.7. The van der Waals surface area contributed by atoms with Gasteiger partial charge < -0.3 is 19.3 Å². The number of piperazine rings is 1. The van der Waals surface area contributed by atoms with Crippen molar-refractivity contribution in [2.45, 2.75) is 26.5 Å². The van der Waals surface area contributed by atoms with Gasteiger partial charge in [-0.2, -0.15) is 0 Å². The number of hydrogen-bond acceptors (Lipinski definition) is 6. The van der Waals surface area contributed by atoms with Crippen LogP contribution < -0.4 is 9.64 Å². The number of anilines is 1. The molecule has 1 fully saturated rings. The summed E-state index contributed by atoms with van der Waals surface area (Å²) in [4.78, 5) is 25.4. The summed E-state index contributed by atoms with van der Waals surface area (Å²) in [5.74, 6) is 2.09. The van der Waals surface area contributed by atoms with Crippen molar-refractivity contribution in [2.24, 2.45) is 0 Å². The van der Waals surface area contributed by atoms with E-state index < -0.39 is 0 Å². The number of hydrogen-bond donors (Lipinski definition) is 0. The molecule has 1 aromatic heterocycles. The molecule has 0 spiro atoms. The van der Waals surface area contributed by atoms with Gasteiger partial charge in [0.2, 0.25) is 11.8 Å². The minimum absolute atomic E-state index is 0.0133. The van der Waals surface area contributed by atoms with E-state index in [4.69, 9.17) is 9.47 Å². The quantitative estimate of drug-likeness (QED) is 0.565. The number of benzene rings is 2. The number of ether oxygens (including phenoxy) is 2. The van der Waals surface area contributed by atoms with E-state index in [9.17, 15) is 4.79 Å². The number of carbonyl (C=O) groups excluding carboxylic acids is 1. The van der Waals surface area contributed by atoms with E-state index in [-0.39, 0.29) is 18.6 Å². The zero-order chi connectivity index (χ0) is 22.3. The summed E-state index contributed by atoms with van der Waals surface area (Å²) in [5, 5.41) is 0. The van der Waals surface area contributed by atoms with Crippen molar-refractivity contribution < 1.29 is 14.3 Å². The van der Waals surface area contributed by atoms with Crippen LogP contribution in [0.5, 0.6) is 11.6 Å². The molecule has 1 atom stereocenters. The topological polar surface area (TPSA) is 67.8 Å². The van der Waals surface area contributed by atoms with Gasteiger partial charge in [0.05, 0.1) is 6.61 Å². The first kappa shape index (κ1) is 21.8. The van der Waals surface area contributed by atoms with Gasteiger partial charge >= 0.3 is 0 Å². The van der Waals surface area contributed by atoms with Crippen molar-refractivity contribution in [3.05, 3.63) is 78.1 Å². The monoisotopic (exact) mass is 432 g/mol. The Kier molecular flexibility index (Phi) is 6.97. The van der Waals surface area contributed by atoms with E-state index in [1.54, 1.807) is 0 Å². The lowest BCUT2D eigenvalue weighted by molar-refractivity contribution is -0.139. The Bertz CT molecular complexity index is 1040. The van der Waals surface area contributed by atoms with E-state index in [2.05, 4.69) is 14.9 Å². The molecule has 4 rings (SSSR count). The van der Waals surface area contributed by atoms with Crippen LogP contribution in [0.15, 0.2) is 67.0 Å². The Balaban J connectivity index is 1.32. The highest BCUT2D eigenvalue weighted by Gasteiger charge is 2.28. The summed E-state index contributed by atoms with van der Waals surface area (Å²) in [6, 6.07) is 19.6. The molecular formula is C25H28N4O3. The van der Waals surface area contributed by atoms with Crippen LogP contribution in [0.3, 0.4) is 0 Å². The molecule has 1 amide bonds. The molecule has 7 nitrogen and oxygen atoms in total. The Labute approximate surface area is 188 Å². The van der Waals surface area contributed by atoms with Gasteiger partial charge in [-0.1, -0.05) is 48.5 Å². The van der Waals surface area contributed by atoms with Gasteiger partial charge in [0, 0.05) is 31.7 Å². The van der Waals surface area contributed by atoms with Crippen LogP contribution in [0.1, 0.15) is 18.1 Å². The number of amides is 1. The highest BCUT2D eigenvalue weighted by atomic mass is 16.5. The second-order valence-electron chi connectivity index (χ2n) is 7.94. The lowest BCUT2D eigenvalue weighted by Gasteiger charge is -2.40. The molecule has 3 aromatic rings. The third-order valence-corrected chi connectivity index (χ3v) is 5.54.